The van der Waals surface area contributed by atoms with E-state index in [0.717, 1.165) is 24.4 Å². The monoisotopic (exact) mass is 242 g/mol. The molecular weight excluding hydrogens is 228 g/mol. The fourth-order valence-corrected chi connectivity index (χ4v) is 2.04. The highest BCUT2D eigenvalue weighted by atomic mass is 32.1. The molecule has 1 rings (SSSR count). The first kappa shape index (κ1) is 12.6. The lowest BCUT2D eigenvalue weighted by atomic mass is 10.2. The van der Waals surface area contributed by atoms with Crippen LogP contribution in [0.4, 0.5) is 5.00 Å². The molecule has 0 aliphatic rings. The first-order valence-corrected chi connectivity index (χ1v) is 5.83. The highest BCUT2D eigenvalue weighted by Gasteiger charge is 2.18. The number of aromatic carboxylic acids is 1. The second-order valence-electron chi connectivity index (χ2n) is 3.43. The molecule has 88 valence electrons. The van der Waals surface area contributed by atoms with E-state index >= 15 is 0 Å². The molecule has 0 unspecified atom stereocenters. The van der Waals surface area contributed by atoms with Crippen LogP contribution in [0, 0.1) is 6.92 Å². The first-order valence-electron chi connectivity index (χ1n) is 5.05. The molecule has 0 saturated carbocycles. The zero-order valence-electron chi connectivity index (χ0n) is 9.24. The Labute approximate surface area is 97.7 Å². The molecular formula is C10H14N2O3S. The highest BCUT2D eigenvalue weighted by molar-refractivity contribution is 7.11. The third-order valence-electron chi connectivity index (χ3n) is 2.09. The van der Waals surface area contributed by atoms with Gasteiger partial charge in [-0.1, -0.05) is 13.3 Å². The Morgan fingerprint density at radius 1 is 1.50 bits per heavy atom. The van der Waals surface area contributed by atoms with Gasteiger partial charge in [-0.2, -0.15) is 4.37 Å². The third kappa shape index (κ3) is 3.03. The van der Waals surface area contributed by atoms with Crippen LogP contribution in [0.5, 0.6) is 0 Å². The maximum absolute atomic E-state index is 11.4. The number of amides is 1. The summed E-state index contributed by atoms with van der Waals surface area (Å²) in [5, 5.41) is 11.8. The molecule has 16 heavy (non-hydrogen) atoms. The molecule has 1 amide bonds. The van der Waals surface area contributed by atoms with Crippen LogP contribution in [0.2, 0.25) is 0 Å². The van der Waals surface area contributed by atoms with Gasteiger partial charge in [-0.05, 0) is 24.9 Å². The highest BCUT2D eigenvalue weighted by Crippen LogP contribution is 2.24. The second kappa shape index (κ2) is 5.60. The van der Waals surface area contributed by atoms with E-state index in [1.807, 2.05) is 6.92 Å². The van der Waals surface area contributed by atoms with Gasteiger partial charge in [-0.15, -0.1) is 0 Å². The number of aromatic nitrogens is 1. The van der Waals surface area contributed by atoms with E-state index in [1.165, 1.54) is 0 Å². The van der Waals surface area contributed by atoms with Crippen molar-refractivity contribution >= 4 is 28.4 Å². The zero-order valence-corrected chi connectivity index (χ0v) is 10.1. The van der Waals surface area contributed by atoms with Crippen molar-refractivity contribution in [3.8, 4) is 0 Å². The number of unbranched alkanes of at least 4 members (excludes halogenated alkanes) is 1. The van der Waals surface area contributed by atoms with Crippen LogP contribution in [0.3, 0.4) is 0 Å². The van der Waals surface area contributed by atoms with Gasteiger partial charge in [0.2, 0.25) is 5.91 Å². The molecule has 2 N–H and O–H groups in total. The molecule has 1 aromatic rings. The summed E-state index contributed by atoms with van der Waals surface area (Å²) in [5.74, 6) is -1.22. The molecule has 0 bridgehead atoms. The van der Waals surface area contributed by atoms with E-state index in [2.05, 4.69) is 9.69 Å². The quantitative estimate of drug-likeness (QED) is 0.830. The number of carboxylic acid groups (broad SMARTS) is 1. The van der Waals surface area contributed by atoms with Crippen LogP contribution in [-0.2, 0) is 4.79 Å². The fraction of sp³-hybridized carbons (Fsp3) is 0.500. The topological polar surface area (TPSA) is 79.3 Å². The number of aryl methyl sites for hydroxylation is 1. The predicted octanol–water partition coefficient (Wildman–Crippen LogP) is 2.28. The molecule has 5 nitrogen and oxygen atoms in total. The number of anilines is 1. The van der Waals surface area contributed by atoms with Crippen molar-refractivity contribution in [3.05, 3.63) is 11.3 Å². The fourth-order valence-electron chi connectivity index (χ4n) is 1.23. The average molecular weight is 242 g/mol. The van der Waals surface area contributed by atoms with Gasteiger partial charge in [-0.25, -0.2) is 4.79 Å². The lowest BCUT2D eigenvalue weighted by Gasteiger charge is -2.02. The van der Waals surface area contributed by atoms with Crippen LogP contribution in [0.1, 0.15) is 42.2 Å². The molecule has 1 heterocycles. The Morgan fingerprint density at radius 3 is 2.75 bits per heavy atom. The van der Waals surface area contributed by atoms with E-state index in [9.17, 15) is 9.59 Å². The van der Waals surface area contributed by atoms with Gasteiger partial charge in [0.1, 0.15) is 10.6 Å². The number of nitrogens with one attached hydrogen (secondary N) is 1. The minimum atomic E-state index is -1.06. The lowest BCUT2D eigenvalue weighted by molar-refractivity contribution is -0.116. The van der Waals surface area contributed by atoms with E-state index < -0.39 is 5.97 Å². The number of carbonyl (C=O) groups excluding carboxylic acids is 1. The van der Waals surface area contributed by atoms with Crippen LogP contribution >= 0.6 is 11.5 Å². The van der Waals surface area contributed by atoms with E-state index in [1.54, 1.807) is 6.92 Å². The lowest BCUT2D eigenvalue weighted by Crippen LogP contribution is -2.12. The Hall–Kier alpha value is -1.43. The predicted molar refractivity (Wildman–Crippen MR) is 62.0 cm³/mol. The average Bonchev–Trinajstić information content (AvgIpc) is 2.56. The molecule has 0 aromatic carbocycles. The van der Waals surface area contributed by atoms with Crippen LogP contribution in [0.15, 0.2) is 0 Å². The number of nitrogens with zero attached hydrogens (tertiary/aromatic N) is 1. The Morgan fingerprint density at radius 2 is 2.19 bits per heavy atom. The minimum Gasteiger partial charge on any atom is -0.478 e. The van der Waals surface area contributed by atoms with Crippen molar-refractivity contribution in [2.45, 2.75) is 33.1 Å². The molecule has 1 aromatic heterocycles. The third-order valence-corrected chi connectivity index (χ3v) is 2.94. The molecule has 0 fully saturated rings. The largest absolute Gasteiger partial charge is 0.478 e. The van der Waals surface area contributed by atoms with E-state index in [0.29, 0.717) is 17.1 Å². The molecule has 0 radical (unpaired) electrons. The van der Waals surface area contributed by atoms with Crippen molar-refractivity contribution in [2.75, 3.05) is 5.32 Å². The number of hydrogen-bond donors (Lipinski definition) is 2. The van der Waals surface area contributed by atoms with Gasteiger partial charge >= 0.3 is 5.97 Å². The summed E-state index contributed by atoms with van der Waals surface area (Å²) in [6.45, 7) is 3.61. The molecule has 0 saturated heterocycles. The van der Waals surface area contributed by atoms with E-state index in [4.69, 9.17) is 5.11 Å². The number of carbonyl (C=O) groups is 2. The summed E-state index contributed by atoms with van der Waals surface area (Å²) in [6, 6.07) is 0. The molecule has 6 heteroatoms. The van der Waals surface area contributed by atoms with Crippen LogP contribution in [-0.4, -0.2) is 21.4 Å². The Kier molecular flexibility index (Phi) is 4.42. The van der Waals surface area contributed by atoms with Gasteiger partial charge in [0.15, 0.2) is 0 Å². The summed E-state index contributed by atoms with van der Waals surface area (Å²) >= 11 is 1.00. The van der Waals surface area contributed by atoms with Gasteiger partial charge in [-0.3, -0.25) is 4.79 Å². The normalized spacial score (nSPS) is 10.1. The van der Waals surface area contributed by atoms with Crippen molar-refractivity contribution in [1.82, 2.24) is 4.37 Å². The first-order chi connectivity index (χ1) is 7.56. The maximum atomic E-state index is 11.4. The standard InChI is InChI=1S/C10H14N2O3S/c1-3-4-5-7(13)11-9-8(10(14)15)6(2)12-16-9/h3-5H2,1-2H3,(H,11,13)(H,14,15). The molecule has 0 atom stereocenters. The van der Waals surface area contributed by atoms with Gasteiger partial charge < -0.3 is 10.4 Å². The number of rotatable bonds is 5. The molecule has 0 aliphatic heterocycles. The second-order valence-corrected chi connectivity index (χ2v) is 4.20. The Balaban J connectivity index is 2.74. The number of carboxylic acids is 1. The Bertz CT molecular complexity index is 401. The van der Waals surface area contributed by atoms with Crippen molar-refractivity contribution in [1.29, 1.82) is 0 Å². The summed E-state index contributed by atoms with van der Waals surface area (Å²) in [6.07, 6.45) is 2.14. The number of hydrogen-bond acceptors (Lipinski definition) is 4. The van der Waals surface area contributed by atoms with E-state index in [-0.39, 0.29) is 11.5 Å². The maximum Gasteiger partial charge on any atom is 0.340 e. The summed E-state index contributed by atoms with van der Waals surface area (Å²) < 4.78 is 3.92. The van der Waals surface area contributed by atoms with Crippen LogP contribution in [0.25, 0.3) is 0 Å². The minimum absolute atomic E-state index is 0.0925. The smallest absolute Gasteiger partial charge is 0.340 e. The van der Waals surface area contributed by atoms with Crippen LogP contribution < -0.4 is 5.32 Å². The van der Waals surface area contributed by atoms with Crippen molar-refractivity contribution in [3.63, 3.8) is 0 Å². The SMILES string of the molecule is CCCCC(=O)Nc1snc(C)c1C(=O)O. The summed E-state index contributed by atoms with van der Waals surface area (Å²) in [5.41, 5.74) is 0.526. The summed E-state index contributed by atoms with van der Waals surface area (Å²) in [7, 11) is 0. The molecule has 0 aliphatic carbocycles. The van der Waals surface area contributed by atoms with Crippen molar-refractivity contribution < 1.29 is 14.7 Å². The zero-order chi connectivity index (χ0) is 12.1. The summed E-state index contributed by atoms with van der Waals surface area (Å²) in [4.78, 5) is 22.3. The van der Waals surface area contributed by atoms with Gasteiger partial charge in [0.05, 0.1) is 5.69 Å². The van der Waals surface area contributed by atoms with Crippen molar-refractivity contribution in [2.24, 2.45) is 0 Å². The van der Waals surface area contributed by atoms with Gasteiger partial charge in [0, 0.05) is 6.42 Å². The molecule has 0 spiro atoms. The van der Waals surface area contributed by atoms with Gasteiger partial charge in [0.25, 0.3) is 0 Å².